The molecule has 0 saturated heterocycles. The van der Waals surface area contributed by atoms with Crippen molar-refractivity contribution in [2.24, 2.45) is 0 Å². The molecule has 0 radical (unpaired) electrons. The third-order valence-electron chi connectivity index (χ3n) is 3.23. The summed E-state index contributed by atoms with van der Waals surface area (Å²) < 4.78 is 13.0. The van der Waals surface area contributed by atoms with Gasteiger partial charge in [-0.3, -0.25) is 0 Å². The Morgan fingerprint density at radius 1 is 1.27 bits per heavy atom. The first-order chi connectivity index (χ1) is 10.6. The number of benzene rings is 2. The lowest BCUT2D eigenvalue weighted by atomic mass is 10.1. The smallest absolute Gasteiger partial charge is 0.315 e. The number of halogens is 1. The summed E-state index contributed by atoms with van der Waals surface area (Å²) in [5.74, 6) is -0.328. The highest BCUT2D eigenvalue weighted by Crippen LogP contribution is 2.13. The highest BCUT2D eigenvalue weighted by molar-refractivity contribution is 5.74. The fourth-order valence-corrected chi connectivity index (χ4v) is 2.01. The average molecular weight is 297 g/mol. The number of nitrogens with one attached hydrogen (secondary N) is 2. The van der Waals surface area contributed by atoms with E-state index in [9.17, 15) is 9.18 Å². The predicted molar refractivity (Wildman–Crippen MR) is 81.3 cm³/mol. The second-order valence-electron chi connectivity index (χ2n) is 4.91. The maximum Gasteiger partial charge on any atom is 0.315 e. The molecule has 2 amide bonds. The Hall–Kier alpha value is -2.87. The van der Waals surface area contributed by atoms with Gasteiger partial charge in [0.2, 0.25) is 0 Å². The Balaban J connectivity index is 1.87. The van der Waals surface area contributed by atoms with Crippen LogP contribution in [0.5, 0.6) is 0 Å². The highest BCUT2D eigenvalue weighted by Gasteiger charge is 2.09. The van der Waals surface area contributed by atoms with Gasteiger partial charge in [-0.05, 0) is 42.3 Å². The lowest BCUT2D eigenvalue weighted by molar-refractivity contribution is 0.237. The predicted octanol–water partition coefficient (Wildman–Crippen LogP) is 3.26. The molecule has 0 fully saturated rings. The molecule has 1 atom stereocenters. The van der Waals surface area contributed by atoms with Crippen LogP contribution in [0, 0.1) is 17.1 Å². The molecule has 112 valence electrons. The van der Waals surface area contributed by atoms with Crippen molar-refractivity contribution in [1.29, 1.82) is 5.26 Å². The lowest BCUT2D eigenvalue weighted by Crippen LogP contribution is -2.36. The quantitative estimate of drug-likeness (QED) is 0.909. The minimum absolute atomic E-state index is 0.194. The van der Waals surface area contributed by atoms with Gasteiger partial charge in [0.05, 0.1) is 17.7 Å². The largest absolute Gasteiger partial charge is 0.334 e. The minimum Gasteiger partial charge on any atom is -0.334 e. The van der Waals surface area contributed by atoms with Crippen molar-refractivity contribution in [1.82, 2.24) is 10.6 Å². The Morgan fingerprint density at radius 3 is 2.64 bits per heavy atom. The molecule has 0 aliphatic carbocycles. The molecule has 2 aromatic carbocycles. The molecule has 22 heavy (non-hydrogen) atoms. The number of hydrogen-bond acceptors (Lipinski definition) is 2. The van der Waals surface area contributed by atoms with Crippen molar-refractivity contribution < 1.29 is 9.18 Å². The average Bonchev–Trinajstić information content (AvgIpc) is 2.53. The number of hydrogen-bond donors (Lipinski definition) is 2. The fourth-order valence-electron chi connectivity index (χ4n) is 2.01. The molecular weight excluding hydrogens is 281 g/mol. The van der Waals surface area contributed by atoms with E-state index in [4.69, 9.17) is 5.26 Å². The first kappa shape index (κ1) is 15.5. The van der Waals surface area contributed by atoms with Crippen molar-refractivity contribution in [2.75, 3.05) is 0 Å². The van der Waals surface area contributed by atoms with E-state index in [1.165, 1.54) is 12.1 Å². The van der Waals surface area contributed by atoms with Gasteiger partial charge in [-0.15, -0.1) is 0 Å². The van der Waals surface area contributed by atoms with Crippen molar-refractivity contribution >= 4 is 6.03 Å². The molecule has 4 nitrogen and oxygen atoms in total. The van der Waals surface area contributed by atoms with E-state index in [2.05, 4.69) is 10.6 Å². The van der Waals surface area contributed by atoms with Gasteiger partial charge < -0.3 is 10.6 Å². The maximum absolute atomic E-state index is 13.0. The zero-order chi connectivity index (χ0) is 15.9. The topological polar surface area (TPSA) is 64.9 Å². The first-order valence-corrected chi connectivity index (χ1v) is 6.87. The number of carbonyl (C=O) groups excluding carboxylic acids is 1. The summed E-state index contributed by atoms with van der Waals surface area (Å²) in [6.45, 7) is 2.10. The van der Waals surface area contributed by atoms with Gasteiger partial charge in [-0.1, -0.05) is 24.3 Å². The summed E-state index contributed by atoms with van der Waals surface area (Å²) in [5.41, 5.74) is 2.17. The van der Waals surface area contributed by atoms with Crippen LogP contribution < -0.4 is 10.6 Å². The third-order valence-corrected chi connectivity index (χ3v) is 3.23. The van der Waals surface area contributed by atoms with Crippen molar-refractivity contribution in [3.05, 3.63) is 71.0 Å². The Kier molecular flexibility index (Phi) is 5.10. The Morgan fingerprint density at radius 2 is 2.00 bits per heavy atom. The highest BCUT2D eigenvalue weighted by atomic mass is 19.1. The van der Waals surface area contributed by atoms with Crippen molar-refractivity contribution in [3.8, 4) is 6.07 Å². The van der Waals surface area contributed by atoms with Gasteiger partial charge in [0.15, 0.2) is 0 Å². The molecule has 2 N–H and O–H groups in total. The van der Waals surface area contributed by atoms with Crippen molar-refractivity contribution in [3.63, 3.8) is 0 Å². The van der Waals surface area contributed by atoms with Crippen LogP contribution >= 0.6 is 0 Å². The number of urea groups is 1. The van der Waals surface area contributed by atoms with E-state index in [0.29, 0.717) is 11.1 Å². The molecule has 0 saturated carbocycles. The van der Waals surface area contributed by atoms with Crippen LogP contribution in [-0.4, -0.2) is 6.03 Å². The van der Waals surface area contributed by atoms with Gasteiger partial charge in [0.1, 0.15) is 5.82 Å². The third kappa shape index (κ3) is 4.32. The number of rotatable bonds is 4. The van der Waals surface area contributed by atoms with Gasteiger partial charge in [-0.2, -0.15) is 5.26 Å². The van der Waals surface area contributed by atoms with Crippen LogP contribution in [-0.2, 0) is 6.54 Å². The minimum atomic E-state index is -0.332. The number of amides is 2. The monoisotopic (exact) mass is 297 g/mol. The second kappa shape index (κ2) is 7.23. The maximum atomic E-state index is 13.0. The van der Waals surface area contributed by atoms with Gasteiger partial charge in [0, 0.05) is 6.54 Å². The molecule has 0 bridgehead atoms. The fraction of sp³-hybridized carbons (Fsp3) is 0.176. The van der Waals surface area contributed by atoms with E-state index < -0.39 is 0 Å². The SMILES string of the molecule is C[C@H](NC(=O)NCc1cccc(F)c1)c1ccc(C#N)cc1. The Bertz CT molecular complexity index is 692. The van der Waals surface area contributed by atoms with Crippen LogP contribution in [0.25, 0.3) is 0 Å². The molecule has 0 spiro atoms. The van der Waals surface area contributed by atoms with Crippen LogP contribution in [0.4, 0.5) is 9.18 Å². The first-order valence-electron chi connectivity index (χ1n) is 6.87. The van der Waals surface area contributed by atoms with Gasteiger partial charge in [-0.25, -0.2) is 9.18 Å². The molecule has 2 rings (SSSR count). The van der Waals surface area contributed by atoms with E-state index in [0.717, 1.165) is 5.56 Å². The van der Waals surface area contributed by atoms with Crippen LogP contribution in [0.3, 0.4) is 0 Å². The zero-order valence-electron chi connectivity index (χ0n) is 12.1. The molecule has 0 aliphatic rings. The lowest BCUT2D eigenvalue weighted by Gasteiger charge is -2.15. The number of nitrogens with zero attached hydrogens (tertiary/aromatic N) is 1. The van der Waals surface area contributed by atoms with E-state index in [1.54, 1.807) is 36.4 Å². The normalized spacial score (nSPS) is 11.3. The number of nitriles is 1. The van der Waals surface area contributed by atoms with E-state index in [-0.39, 0.29) is 24.4 Å². The van der Waals surface area contributed by atoms with E-state index >= 15 is 0 Å². The molecule has 2 aromatic rings. The molecule has 0 unspecified atom stereocenters. The Labute approximate surface area is 128 Å². The number of carbonyl (C=O) groups is 1. The summed E-state index contributed by atoms with van der Waals surface area (Å²) in [4.78, 5) is 11.8. The molecule has 0 heterocycles. The molecule has 0 aliphatic heterocycles. The molecular formula is C17H16FN3O. The summed E-state index contributed by atoms with van der Waals surface area (Å²) >= 11 is 0. The van der Waals surface area contributed by atoms with Gasteiger partial charge >= 0.3 is 6.03 Å². The zero-order valence-corrected chi connectivity index (χ0v) is 12.1. The van der Waals surface area contributed by atoms with Gasteiger partial charge in [0.25, 0.3) is 0 Å². The molecule has 5 heteroatoms. The van der Waals surface area contributed by atoms with Crippen molar-refractivity contribution in [2.45, 2.75) is 19.5 Å². The summed E-state index contributed by atoms with van der Waals surface area (Å²) in [7, 11) is 0. The summed E-state index contributed by atoms with van der Waals surface area (Å²) in [6, 6.07) is 14.6. The second-order valence-corrected chi connectivity index (χ2v) is 4.91. The van der Waals surface area contributed by atoms with Crippen LogP contribution in [0.15, 0.2) is 48.5 Å². The summed E-state index contributed by atoms with van der Waals surface area (Å²) in [5, 5.41) is 14.2. The van der Waals surface area contributed by atoms with Crippen LogP contribution in [0.2, 0.25) is 0 Å². The standard InChI is InChI=1S/C17H16FN3O/c1-12(15-7-5-13(10-19)6-8-15)21-17(22)20-11-14-3-2-4-16(18)9-14/h2-9,12H,11H2,1H3,(H2,20,21,22)/t12-/m0/s1. The van der Waals surface area contributed by atoms with E-state index in [1.807, 2.05) is 13.0 Å². The summed E-state index contributed by atoms with van der Waals surface area (Å²) in [6.07, 6.45) is 0. The van der Waals surface area contributed by atoms with Crippen LogP contribution in [0.1, 0.15) is 29.7 Å². The molecule has 0 aromatic heterocycles.